The summed E-state index contributed by atoms with van der Waals surface area (Å²) in [6.07, 6.45) is 1.36. The number of H-pyrrole nitrogens is 1. The molecular formula is C31H31N3O7. The Bertz CT molecular complexity index is 1890. The van der Waals surface area contributed by atoms with E-state index in [1.54, 1.807) is 19.2 Å². The number of aromatic amines is 1. The molecule has 0 bridgehead atoms. The lowest BCUT2D eigenvalue weighted by Gasteiger charge is -2.19. The Morgan fingerprint density at radius 1 is 1.02 bits per heavy atom. The van der Waals surface area contributed by atoms with Crippen molar-refractivity contribution in [3.05, 3.63) is 80.5 Å². The van der Waals surface area contributed by atoms with Gasteiger partial charge < -0.3 is 29.6 Å². The van der Waals surface area contributed by atoms with E-state index in [1.807, 2.05) is 45.0 Å². The van der Waals surface area contributed by atoms with Gasteiger partial charge in [-0.15, -0.1) is 0 Å². The van der Waals surface area contributed by atoms with E-state index in [2.05, 4.69) is 15.6 Å². The second kappa shape index (κ2) is 11.0. The van der Waals surface area contributed by atoms with Crippen LogP contribution in [0.5, 0.6) is 0 Å². The molecule has 4 N–H and O–H groups in total. The number of carbonyl (C=O) groups is 3. The number of nitrogens with one attached hydrogen (secondary N) is 3. The van der Waals surface area contributed by atoms with Crippen LogP contribution in [0.3, 0.4) is 0 Å². The highest BCUT2D eigenvalue weighted by atomic mass is 16.4. The summed E-state index contributed by atoms with van der Waals surface area (Å²) in [5.41, 5.74) is 4.70. The molecule has 0 fully saturated rings. The Balaban J connectivity index is 1.45. The molecule has 2 aromatic carbocycles. The number of amides is 2. The van der Waals surface area contributed by atoms with Gasteiger partial charge in [-0.25, -0.2) is 4.79 Å². The smallest absolute Gasteiger partial charge is 0.340 e. The summed E-state index contributed by atoms with van der Waals surface area (Å²) in [7, 11) is 0. The number of benzene rings is 2. The normalized spacial score (nSPS) is 12.2. The van der Waals surface area contributed by atoms with Crippen LogP contribution >= 0.6 is 0 Å². The van der Waals surface area contributed by atoms with Crippen molar-refractivity contribution in [3.63, 3.8) is 0 Å². The Hall–Kier alpha value is -4.86. The number of aromatic nitrogens is 1. The first-order valence-electron chi connectivity index (χ1n) is 13.3. The monoisotopic (exact) mass is 557 g/mol. The summed E-state index contributed by atoms with van der Waals surface area (Å²) in [6.45, 7) is 7.44. The van der Waals surface area contributed by atoms with E-state index in [0.717, 1.165) is 38.7 Å². The minimum atomic E-state index is -1.05. The number of hydrogen-bond donors (Lipinski definition) is 4. The fourth-order valence-corrected chi connectivity index (χ4v) is 5.39. The van der Waals surface area contributed by atoms with Gasteiger partial charge >= 0.3 is 11.6 Å². The van der Waals surface area contributed by atoms with Crippen LogP contribution in [0.4, 0.5) is 0 Å². The Kier molecular flexibility index (Phi) is 7.40. The molecule has 1 atom stereocenters. The molecule has 41 heavy (non-hydrogen) atoms. The van der Waals surface area contributed by atoms with Crippen molar-refractivity contribution in [1.82, 2.24) is 15.6 Å². The van der Waals surface area contributed by atoms with Crippen molar-refractivity contribution < 1.29 is 28.3 Å². The van der Waals surface area contributed by atoms with E-state index in [9.17, 15) is 19.2 Å². The van der Waals surface area contributed by atoms with Crippen LogP contribution in [0.1, 0.15) is 40.0 Å². The second-order valence-electron chi connectivity index (χ2n) is 10.3. The molecule has 0 saturated carbocycles. The van der Waals surface area contributed by atoms with Crippen LogP contribution in [0.15, 0.2) is 50.2 Å². The molecule has 3 aromatic heterocycles. The zero-order chi connectivity index (χ0) is 29.4. The van der Waals surface area contributed by atoms with Crippen molar-refractivity contribution in [2.24, 2.45) is 0 Å². The van der Waals surface area contributed by atoms with Crippen molar-refractivity contribution in [2.75, 3.05) is 6.54 Å². The van der Waals surface area contributed by atoms with E-state index in [0.29, 0.717) is 22.1 Å². The van der Waals surface area contributed by atoms with Crippen molar-refractivity contribution >= 4 is 50.6 Å². The van der Waals surface area contributed by atoms with Crippen LogP contribution in [0.2, 0.25) is 0 Å². The molecule has 0 aliphatic rings. The van der Waals surface area contributed by atoms with Gasteiger partial charge in [-0.3, -0.25) is 14.4 Å². The van der Waals surface area contributed by atoms with Gasteiger partial charge in [0.1, 0.15) is 23.0 Å². The fraction of sp³-hybridized carbons (Fsp3) is 0.290. The third kappa shape index (κ3) is 5.32. The molecular weight excluding hydrogens is 526 g/mol. The third-order valence-electron chi connectivity index (χ3n) is 7.60. The van der Waals surface area contributed by atoms with Gasteiger partial charge in [-0.1, -0.05) is 18.2 Å². The van der Waals surface area contributed by atoms with Gasteiger partial charge in [0.2, 0.25) is 11.8 Å². The maximum atomic E-state index is 13.3. The van der Waals surface area contributed by atoms with Gasteiger partial charge in [0, 0.05) is 35.5 Å². The standard InChI is InChI=1S/C31H31N3O7/c1-15-11-24-28(29-27(15)16(2)18(4)40-29)17(3)21(31(39)41-24)13-25(35)34-23(30(38)32-10-9-26(36)37)12-19-14-33-22-8-6-5-7-20(19)22/h5-8,11,14,23,33H,9-10,12-13H2,1-4H3,(H,32,38)(H,34,35)(H,36,37). The van der Waals surface area contributed by atoms with Gasteiger partial charge in [-0.2, -0.15) is 0 Å². The van der Waals surface area contributed by atoms with Gasteiger partial charge in [0.25, 0.3) is 0 Å². The van der Waals surface area contributed by atoms with E-state index in [1.165, 1.54) is 0 Å². The molecule has 0 spiro atoms. The molecule has 212 valence electrons. The first-order valence-corrected chi connectivity index (χ1v) is 13.3. The lowest BCUT2D eigenvalue weighted by molar-refractivity contribution is -0.137. The molecule has 0 aliphatic heterocycles. The highest BCUT2D eigenvalue weighted by molar-refractivity contribution is 6.07. The first-order chi connectivity index (χ1) is 19.5. The fourth-order valence-electron chi connectivity index (χ4n) is 5.39. The zero-order valence-electron chi connectivity index (χ0n) is 23.3. The molecule has 5 aromatic rings. The average molecular weight is 558 g/mol. The van der Waals surface area contributed by atoms with E-state index in [4.69, 9.17) is 13.9 Å². The number of aliphatic carboxylic acids is 1. The molecule has 0 aliphatic carbocycles. The number of carboxylic acids is 1. The maximum absolute atomic E-state index is 13.3. The second-order valence-corrected chi connectivity index (χ2v) is 10.3. The number of furan rings is 1. The summed E-state index contributed by atoms with van der Waals surface area (Å²) in [5.74, 6) is -1.36. The Morgan fingerprint density at radius 3 is 2.54 bits per heavy atom. The molecule has 3 heterocycles. The van der Waals surface area contributed by atoms with Crippen molar-refractivity contribution in [3.8, 4) is 0 Å². The minimum Gasteiger partial charge on any atom is -0.481 e. The minimum absolute atomic E-state index is 0.0841. The molecule has 0 radical (unpaired) electrons. The number of aryl methyl sites for hydroxylation is 4. The molecule has 2 amide bonds. The number of para-hydroxylation sites is 1. The number of rotatable bonds is 9. The maximum Gasteiger partial charge on any atom is 0.340 e. The Labute approximate surface area is 234 Å². The average Bonchev–Trinajstić information content (AvgIpc) is 3.46. The number of hydrogen-bond acceptors (Lipinski definition) is 6. The van der Waals surface area contributed by atoms with Crippen LogP contribution in [0, 0.1) is 27.7 Å². The summed E-state index contributed by atoms with van der Waals surface area (Å²) in [6, 6.07) is 8.37. The molecule has 1 unspecified atom stereocenters. The van der Waals surface area contributed by atoms with Crippen LogP contribution < -0.4 is 16.3 Å². The summed E-state index contributed by atoms with van der Waals surface area (Å²) >= 11 is 0. The zero-order valence-corrected chi connectivity index (χ0v) is 23.3. The van der Waals surface area contributed by atoms with Crippen LogP contribution in [-0.4, -0.2) is 40.5 Å². The Morgan fingerprint density at radius 2 is 1.78 bits per heavy atom. The lowest BCUT2D eigenvalue weighted by atomic mass is 9.98. The number of carboxylic acid groups (broad SMARTS) is 1. The SMILES string of the molecule is Cc1oc2c(c(C)cc3oc(=O)c(CC(=O)NC(Cc4c[nH]c5ccccc45)C(=O)NCCC(=O)O)c(C)c32)c1C. The van der Waals surface area contributed by atoms with Crippen molar-refractivity contribution in [2.45, 2.75) is 53.0 Å². The highest BCUT2D eigenvalue weighted by Gasteiger charge is 2.25. The van der Waals surface area contributed by atoms with Gasteiger partial charge in [0.15, 0.2) is 0 Å². The molecule has 10 nitrogen and oxygen atoms in total. The van der Waals surface area contributed by atoms with Gasteiger partial charge in [0.05, 0.1) is 23.8 Å². The summed E-state index contributed by atoms with van der Waals surface area (Å²) < 4.78 is 11.7. The van der Waals surface area contributed by atoms with Crippen LogP contribution in [-0.2, 0) is 27.2 Å². The molecule has 0 saturated heterocycles. The molecule has 10 heteroatoms. The quantitative estimate of drug-likeness (QED) is 0.199. The highest BCUT2D eigenvalue weighted by Crippen LogP contribution is 2.36. The predicted molar refractivity (Wildman–Crippen MR) is 154 cm³/mol. The summed E-state index contributed by atoms with van der Waals surface area (Å²) in [5, 5.41) is 16.8. The van der Waals surface area contributed by atoms with E-state index < -0.39 is 29.5 Å². The van der Waals surface area contributed by atoms with Gasteiger partial charge in [-0.05, 0) is 62.1 Å². The van der Waals surface area contributed by atoms with E-state index >= 15 is 0 Å². The van der Waals surface area contributed by atoms with Crippen LogP contribution in [0.25, 0.3) is 32.8 Å². The van der Waals surface area contributed by atoms with E-state index in [-0.39, 0.29) is 31.4 Å². The summed E-state index contributed by atoms with van der Waals surface area (Å²) in [4.78, 5) is 53.5. The third-order valence-corrected chi connectivity index (χ3v) is 7.60. The van der Waals surface area contributed by atoms with Crippen molar-refractivity contribution in [1.29, 1.82) is 0 Å². The lowest BCUT2D eigenvalue weighted by Crippen LogP contribution is -2.49. The number of fused-ring (bicyclic) bond motifs is 4. The predicted octanol–water partition coefficient (Wildman–Crippen LogP) is 4.12. The topological polar surface area (TPSA) is 155 Å². The largest absolute Gasteiger partial charge is 0.481 e. The first kappa shape index (κ1) is 27.7. The molecule has 5 rings (SSSR count). The number of carbonyl (C=O) groups excluding carboxylic acids is 2.